The van der Waals surface area contributed by atoms with E-state index in [1.54, 1.807) is 0 Å². The number of nitro benzene ring substituents is 2. The highest BCUT2D eigenvalue weighted by Gasteiger charge is 2.27. The number of nitrogens with one attached hydrogen (secondary N) is 1. The van der Waals surface area contributed by atoms with Crippen molar-refractivity contribution in [3.05, 3.63) is 48.5 Å². The first-order valence-electron chi connectivity index (χ1n) is 3.76. The Morgan fingerprint density at radius 3 is 1.69 bits per heavy atom. The molecule has 0 spiro atoms. The van der Waals surface area contributed by atoms with Crippen molar-refractivity contribution in [3.63, 3.8) is 0 Å². The summed E-state index contributed by atoms with van der Waals surface area (Å²) in [4.78, 5) is 29.3. The van der Waals surface area contributed by atoms with Crippen molar-refractivity contribution in [3.8, 4) is 0 Å². The summed E-state index contributed by atoms with van der Waals surface area (Å²) in [6.07, 6.45) is 0. The van der Waals surface area contributed by atoms with Gasteiger partial charge in [0.1, 0.15) is 0 Å². The van der Waals surface area contributed by atoms with Crippen LogP contribution in [0.1, 0.15) is 0 Å². The molecule has 0 aliphatic carbocycles. The van der Waals surface area contributed by atoms with Gasteiger partial charge in [0.15, 0.2) is 5.03 Å². The summed E-state index contributed by atoms with van der Waals surface area (Å²) in [6, 6.07) is 2.93. The van der Waals surface area contributed by atoms with Crippen LogP contribution in [0.2, 0.25) is 0 Å². The molecule has 0 unspecified atom stereocenters. The molecule has 0 saturated heterocycles. The lowest BCUT2D eigenvalue weighted by Crippen LogP contribution is -2.11. The maximum Gasteiger partial charge on any atom is 0.305 e. The maximum atomic E-state index is 10.5. The summed E-state index contributed by atoms with van der Waals surface area (Å²) in [5.74, 6) is 0. The van der Waals surface area contributed by atoms with E-state index >= 15 is 0 Å². The number of nitrogens with zero attached hydrogens (tertiary/aromatic N) is 3. The first-order valence-corrected chi connectivity index (χ1v) is 3.76. The third kappa shape index (κ3) is 2.17. The van der Waals surface area contributed by atoms with E-state index in [0.717, 1.165) is 18.2 Å². The lowest BCUT2D eigenvalue weighted by molar-refractivity contribution is -0.449. The van der Waals surface area contributed by atoms with Crippen LogP contribution in [-0.4, -0.2) is 14.9 Å². The van der Waals surface area contributed by atoms with E-state index in [1.807, 2.05) is 0 Å². The quantitative estimate of drug-likeness (QED) is 0.600. The molecule has 1 aromatic rings. The smallest absolute Gasteiger partial charge is 0.258 e. The minimum Gasteiger partial charge on any atom is -0.258 e. The zero-order chi connectivity index (χ0) is 12.3. The van der Waals surface area contributed by atoms with Crippen molar-refractivity contribution in [2.75, 3.05) is 5.43 Å². The minimum atomic E-state index is -1.10. The molecule has 0 bridgehead atoms. The maximum absolute atomic E-state index is 10.5. The Balaban J connectivity index is 3.40. The number of anilines is 1. The summed E-state index contributed by atoms with van der Waals surface area (Å²) >= 11 is 0. The number of para-hydroxylation sites is 1. The van der Waals surface area contributed by atoms with Crippen LogP contribution < -0.4 is 5.43 Å². The third-order valence-electron chi connectivity index (χ3n) is 1.62. The van der Waals surface area contributed by atoms with Gasteiger partial charge in [0.2, 0.25) is 0 Å². The Hall–Kier alpha value is -2.78. The average molecular weight is 228 g/mol. The number of hydrogen-bond acceptors (Lipinski definition) is 6. The van der Waals surface area contributed by atoms with Crippen LogP contribution in [-0.2, 0) is 0 Å². The van der Waals surface area contributed by atoms with Gasteiger partial charge < -0.3 is 0 Å². The van der Waals surface area contributed by atoms with Gasteiger partial charge in [0.25, 0.3) is 5.69 Å². The highest BCUT2D eigenvalue weighted by molar-refractivity contribution is 5.72. The molecule has 0 heterocycles. The molecule has 10 nitrogen and oxygen atoms in total. The molecular weight excluding hydrogens is 224 g/mol. The van der Waals surface area contributed by atoms with E-state index in [-0.39, 0.29) is 0 Å². The zero-order valence-electron chi connectivity index (χ0n) is 7.52. The predicted molar refractivity (Wildman–Crippen MR) is 50.4 cm³/mol. The van der Waals surface area contributed by atoms with Crippen molar-refractivity contribution in [2.45, 2.75) is 0 Å². The lowest BCUT2D eigenvalue weighted by atomic mass is 10.2. The molecule has 1 aromatic carbocycles. The molecule has 0 aliphatic rings. The fraction of sp³-hybridized carbons (Fsp3) is 0. The van der Waals surface area contributed by atoms with Gasteiger partial charge >= 0.3 is 11.4 Å². The van der Waals surface area contributed by atoms with Crippen LogP contribution in [0.15, 0.2) is 18.2 Å². The second-order valence-electron chi connectivity index (χ2n) is 2.55. The molecule has 1 N–H and O–H groups in total. The van der Waals surface area contributed by atoms with Gasteiger partial charge in [-0.05, 0) is 6.07 Å². The fourth-order valence-electron chi connectivity index (χ4n) is 1.04. The van der Waals surface area contributed by atoms with E-state index in [1.165, 1.54) is 5.43 Å². The van der Waals surface area contributed by atoms with Crippen molar-refractivity contribution in [1.82, 2.24) is 0 Å². The van der Waals surface area contributed by atoms with Gasteiger partial charge in [0.05, 0.1) is 9.85 Å². The minimum absolute atomic E-state index is 0.731. The molecule has 16 heavy (non-hydrogen) atoms. The Bertz CT molecular complexity index is 440. The number of rotatable bonds is 4. The molecule has 0 saturated carbocycles. The van der Waals surface area contributed by atoms with E-state index in [9.17, 15) is 30.3 Å². The van der Waals surface area contributed by atoms with E-state index in [0.29, 0.717) is 0 Å². The Labute approximate surface area is 86.9 Å². The molecular formula is C6H4N4O6. The van der Waals surface area contributed by atoms with E-state index < -0.39 is 31.9 Å². The van der Waals surface area contributed by atoms with Crippen molar-refractivity contribution >= 4 is 17.1 Å². The second kappa shape index (κ2) is 4.16. The standard InChI is InChI=1S/C6H4N4O6/c11-8(12)4-2-1-3-5(9(13)14)6(4)7-10(15)16/h1-3,7H. The molecule has 0 aromatic heterocycles. The molecule has 0 fully saturated rings. The van der Waals surface area contributed by atoms with Crippen LogP contribution in [0.3, 0.4) is 0 Å². The van der Waals surface area contributed by atoms with Gasteiger partial charge in [-0.3, -0.25) is 20.2 Å². The SMILES string of the molecule is O=[N+]([O-])Nc1c([N+](=O)[O-])cccc1[N+](=O)[O-]. The third-order valence-corrected chi connectivity index (χ3v) is 1.62. The average Bonchev–Trinajstić information content (AvgIpc) is 2.16. The van der Waals surface area contributed by atoms with Gasteiger partial charge in [-0.25, -0.2) is 10.1 Å². The molecule has 0 atom stereocenters. The van der Waals surface area contributed by atoms with Crippen molar-refractivity contribution < 1.29 is 14.9 Å². The van der Waals surface area contributed by atoms with Crippen LogP contribution in [0, 0.1) is 30.3 Å². The van der Waals surface area contributed by atoms with Crippen LogP contribution >= 0.6 is 0 Å². The molecule has 0 radical (unpaired) electrons. The molecule has 84 valence electrons. The van der Waals surface area contributed by atoms with Gasteiger partial charge in [-0.1, -0.05) is 5.43 Å². The summed E-state index contributed by atoms with van der Waals surface area (Å²) in [6.45, 7) is 0. The lowest BCUT2D eigenvalue weighted by Gasteiger charge is -2.00. The van der Waals surface area contributed by atoms with E-state index in [2.05, 4.69) is 0 Å². The van der Waals surface area contributed by atoms with Gasteiger partial charge in [0, 0.05) is 12.1 Å². The Morgan fingerprint density at radius 1 is 0.938 bits per heavy atom. The summed E-state index contributed by atoms with van der Waals surface area (Å²) in [5, 5.41) is 30.1. The summed E-state index contributed by atoms with van der Waals surface area (Å²) < 4.78 is 0. The normalized spacial score (nSPS) is 9.50. The first kappa shape index (κ1) is 11.3. The zero-order valence-corrected chi connectivity index (χ0v) is 7.52. The van der Waals surface area contributed by atoms with Crippen LogP contribution in [0.4, 0.5) is 17.1 Å². The largest absolute Gasteiger partial charge is 0.305 e. The molecule has 10 heteroatoms. The van der Waals surface area contributed by atoms with Gasteiger partial charge in [-0.15, -0.1) is 0 Å². The Kier molecular flexibility index (Phi) is 2.94. The molecule has 0 amide bonds. The monoisotopic (exact) mass is 228 g/mol. The Morgan fingerprint density at radius 2 is 1.38 bits per heavy atom. The number of nitro groups is 3. The predicted octanol–water partition coefficient (Wildman–Crippen LogP) is 1.11. The number of hydrazine groups is 1. The fourth-order valence-corrected chi connectivity index (χ4v) is 1.04. The highest BCUT2D eigenvalue weighted by atomic mass is 16.7. The van der Waals surface area contributed by atoms with Crippen LogP contribution in [0.25, 0.3) is 0 Å². The second-order valence-corrected chi connectivity index (χ2v) is 2.55. The molecule has 1 rings (SSSR count). The van der Waals surface area contributed by atoms with E-state index in [4.69, 9.17) is 0 Å². The number of benzene rings is 1. The first-order chi connectivity index (χ1) is 7.43. The van der Waals surface area contributed by atoms with Crippen molar-refractivity contribution in [1.29, 1.82) is 0 Å². The van der Waals surface area contributed by atoms with Gasteiger partial charge in [-0.2, -0.15) is 0 Å². The summed E-state index contributed by atoms with van der Waals surface area (Å²) in [5.41, 5.74) is -0.765. The highest BCUT2D eigenvalue weighted by Crippen LogP contribution is 2.33. The topological polar surface area (TPSA) is 141 Å². The van der Waals surface area contributed by atoms with Crippen molar-refractivity contribution in [2.24, 2.45) is 0 Å². The molecule has 0 aliphatic heterocycles. The number of hydrogen-bond donors (Lipinski definition) is 1. The van der Waals surface area contributed by atoms with Crippen LogP contribution in [0.5, 0.6) is 0 Å². The summed E-state index contributed by atoms with van der Waals surface area (Å²) in [7, 11) is 0.